The summed E-state index contributed by atoms with van der Waals surface area (Å²) in [4.78, 5) is 19.4. The molecule has 0 amide bonds. The second-order valence-corrected chi connectivity index (χ2v) is 4.77. The van der Waals surface area contributed by atoms with Gasteiger partial charge in [0.25, 0.3) is 0 Å². The minimum atomic E-state index is -0.384. The van der Waals surface area contributed by atoms with E-state index in [-0.39, 0.29) is 5.97 Å². The molecule has 0 aliphatic heterocycles. The summed E-state index contributed by atoms with van der Waals surface area (Å²) in [6.07, 6.45) is 0. The molecule has 2 N–H and O–H groups in total. The van der Waals surface area contributed by atoms with Crippen LogP contribution in [0.2, 0.25) is 0 Å². The predicted octanol–water partition coefficient (Wildman–Crippen LogP) is 3.40. The summed E-state index contributed by atoms with van der Waals surface area (Å²) in [7, 11) is 1.36. The van der Waals surface area contributed by atoms with Gasteiger partial charge in [0, 0.05) is 0 Å². The summed E-state index contributed by atoms with van der Waals surface area (Å²) in [5.74, 6) is 0.206. The second kappa shape index (κ2) is 5.28. The number of methoxy groups -OCH3 is 1. The highest BCUT2D eigenvalue weighted by atomic mass is 16.5. The van der Waals surface area contributed by atoms with Crippen LogP contribution in [0.5, 0.6) is 0 Å². The summed E-state index contributed by atoms with van der Waals surface area (Å²) >= 11 is 0. The third-order valence-electron chi connectivity index (χ3n) is 3.22. The molecule has 0 aliphatic rings. The summed E-state index contributed by atoms with van der Waals surface area (Å²) in [5, 5.41) is 3.13. The van der Waals surface area contributed by atoms with Crippen molar-refractivity contribution in [1.29, 1.82) is 0 Å². The third kappa shape index (κ3) is 2.58. The molecule has 0 unspecified atom stereocenters. The first-order valence-electron chi connectivity index (χ1n) is 6.58. The van der Waals surface area contributed by atoms with Crippen LogP contribution in [0.1, 0.15) is 15.9 Å². The van der Waals surface area contributed by atoms with Crippen molar-refractivity contribution in [3.05, 3.63) is 53.6 Å². The fourth-order valence-electron chi connectivity index (χ4n) is 2.19. The Labute approximate surface area is 122 Å². The molecule has 0 aliphatic carbocycles. The van der Waals surface area contributed by atoms with Gasteiger partial charge in [-0.3, -0.25) is 0 Å². The van der Waals surface area contributed by atoms with Crippen LogP contribution in [-0.2, 0) is 4.74 Å². The van der Waals surface area contributed by atoms with Crippen LogP contribution < -0.4 is 5.32 Å². The molecule has 21 heavy (non-hydrogen) atoms. The van der Waals surface area contributed by atoms with Gasteiger partial charge in [0.05, 0.1) is 29.4 Å². The SMILES string of the molecule is COC(=O)c1ccccc1Nc1nc2ccc(C)cc2[nH]1. The standard InChI is InChI=1S/C16H15N3O2/c1-10-7-8-13-14(9-10)19-16(18-13)17-12-6-4-3-5-11(12)15(20)21-2/h3-9H,1-2H3,(H2,17,18,19). The highest BCUT2D eigenvalue weighted by molar-refractivity contribution is 5.96. The number of fused-ring (bicyclic) bond motifs is 1. The molecule has 1 aromatic heterocycles. The molecule has 5 heteroatoms. The maximum atomic E-state index is 11.7. The molecule has 2 aromatic carbocycles. The Morgan fingerprint density at radius 1 is 1.24 bits per heavy atom. The number of carbonyl (C=O) groups is 1. The molecule has 0 atom stereocenters. The Balaban J connectivity index is 1.97. The molecule has 3 aromatic rings. The van der Waals surface area contributed by atoms with E-state index in [0.29, 0.717) is 17.2 Å². The number of aryl methyl sites for hydroxylation is 1. The number of esters is 1. The number of anilines is 2. The minimum absolute atomic E-state index is 0.384. The number of rotatable bonds is 3. The monoisotopic (exact) mass is 281 g/mol. The van der Waals surface area contributed by atoms with Gasteiger partial charge in [-0.2, -0.15) is 0 Å². The van der Waals surface area contributed by atoms with Crippen LogP contribution in [0.25, 0.3) is 11.0 Å². The van der Waals surface area contributed by atoms with Gasteiger partial charge in [0.15, 0.2) is 0 Å². The number of hydrogen-bond donors (Lipinski definition) is 2. The van der Waals surface area contributed by atoms with Crippen molar-refractivity contribution in [1.82, 2.24) is 9.97 Å². The van der Waals surface area contributed by atoms with Crippen molar-refractivity contribution in [2.75, 3.05) is 12.4 Å². The average Bonchev–Trinajstić information content (AvgIpc) is 2.88. The lowest BCUT2D eigenvalue weighted by atomic mass is 10.2. The molecule has 0 saturated carbocycles. The van der Waals surface area contributed by atoms with Crippen molar-refractivity contribution in [2.45, 2.75) is 6.92 Å². The molecule has 0 bridgehead atoms. The number of H-pyrrole nitrogens is 1. The Hall–Kier alpha value is -2.82. The summed E-state index contributed by atoms with van der Waals surface area (Å²) in [5.41, 5.74) is 4.11. The molecule has 0 saturated heterocycles. The second-order valence-electron chi connectivity index (χ2n) is 4.77. The van der Waals surface area contributed by atoms with Crippen LogP contribution in [0.15, 0.2) is 42.5 Å². The van der Waals surface area contributed by atoms with E-state index in [1.54, 1.807) is 12.1 Å². The zero-order valence-corrected chi connectivity index (χ0v) is 11.8. The maximum absolute atomic E-state index is 11.7. The van der Waals surface area contributed by atoms with Crippen molar-refractivity contribution in [2.24, 2.45) is 0 Å². The fourth-order valence-corrected chi connectivity index (χ4v) is 2.19. The van der Waals surface area contributed by atoms with Crippen molar-refractivity contribution < 1.29 is 9.53 Å². The van der Waals surface area contributed by atoms with E-state index in [9.17, 15) is 4.79 Å². The highest BCUT2D eigenvalue weighted by Crippen LogP contribution is 2.22. The number of ether oxygens (including phenoxy) is 1. The Kier molecular flexibility index (Phi) is 3.31. The predicted molar refractivity (Wildman–Crippen MR) is 81.9 cm³/mol. The number of para-hydroxylation sites is 1. The molecule has 3 rings (SSSR count). The molecule has 0 fully saturated rings. The lowest BCUT2D eigenvalue weighted by Crippen LogP contribution is -2.05. The number of nitrogens with zero attached hydrogens (tertiary/aromatic N) is 1. The van der Waals surface area contributed by atoms with Gasteiger partial charge in [-0.1, -0.05) is 18.2 Å². The quantitative estimate of drug-likeness (QED) is 0.722. The molecule has 0 radical (unpaired) electrons. The van der Waals surface area contributed by atoms with Gasteiger partial charge in [0.2, 0.25) is 5.95 Å². The number of benzene rings is 2. The highest BCUT2D eigenvalue weighted by Gasteiger charge is 2.12. The zero-order chi connectivity index (χ0) is 14.8. The maximum Gasteiger partial charge on any atom is 0.339 e. The Morgan fingerprint density at radius 2 is 2.05 bits per heavy atom. The lowest BCUT2D eigenvalue weighted by molar-refractivity contribution is 0.0602. The number of aromatic amines is 1. The van der Waals surface area contributed by atoms with Crippen molar-refractivity contribution in [3.63, 3.8) is 0 Å². The Morgan fingerprint density at radius 3 is 2.86 bits per heavy atom. The van der Waals surface area contributed by atoms with Crippen LogP contribution in [0.3, 0.4) is 0 Å². The number of hydrogen-bond acceptors (Lipinski definition) is 4. The van der Waals surface area contributed by atoms with Gasteiger partial charge < -0.3 is 15.0 Å². The van der Waals surface area contributed by atoms with Gasteiger partial charge in [0.1, 0.15) is 0 Å². The van der Waals surface area contributed by atoms with Gasteiger partial charge in [-0.25, -0.2) is 9.78 Å². The molecular formula is C16H15N3O2. The van der Waals surface area contributed by atoms with Crippen molar-refractivity contribution >= 4 is 28.6 Å². The Bertz CT molecular complexity index is 808. The van der Waals surface area contributed by atoms with Crippen molar-refractivity contribution in [3.8, 4) is 0 Å². The first kappa shape index (κ1) is 13.2. The van der Waals surface area contributed by atoms with Crippen LogP contribution in [0, 0.1) is 6.92 Å². The van der Waals surface area contributed by atoms with Gasteiger partial charge in [-0.15, -0.1) is 0 Å². The lowest BCUT2D eigenvalue weighted by Gasteiger charge is -2.07. The van der Waals surface area contributed by atoms with Crippen LogP contribution >= 0.6 is 0 Å². The van der Waals surface area contributed by atoms with Gasteiger partial charge in [-0.05, 0) is 36.8 Å². The summed E-state index contributed by atoms with van der Waals surface area (Å²) in [6.45, 7) is 2.03. The summed E-state index contributed by atoms with van der Waals surface area (Å²) < 4.78 is 4.78. The summed E-state index contributed by atoms with van der Waals surface area (Å²) in [6, 6.07) is 13.2. The smallest absolute Gasteiger partial charge is 0.339 e. The number of nitrogens with one attached hydrogen (secondary N) is 2. The zero-order valence-electron chi connectivity index (χ0n) is 11.8. The van der Waals surface area contributed by atoms with Crippen LogP contribution in [-0.4, -0.2) is 23.0 Å². The van der Waals surface area contributed by atoms with E-state index in [1.807, 2.05) is 37.3 Å². The molecule has 0 spiro atoms. The first-order valence-corrected chi connectivity index (χ1v) is 6.58. The topological polar surface area (TPSA) is 67.0 Å². The fraction of sp³-hybridized carbons (Fsp3) is 0.125. The van der Waals surface area contributed by atoms with E-state index in [1.165, 1.54) is 7.11 Å². The average molecular weight is 281 g/mol. The molecule has 5 nitrogen and oxygen atoms in total. The van der Waals surface area contributed by atoms with Gasteiger partial charge >= 0.3 is 5.97 Å². The van der Waals surface area contributed by atoms with E-state index < -0.39 is 0 Å². The third-order valence-corrected chi connectivity index (χ3v) is 3.22. The first-order chi connectivity index (χ1) is 10.2. The molecule has 106 valence electrons. The molecular weight excluding hydrogens is 266 g/mol. The number of aromatic nitrogens is 2. The molecule has 1 heterocycles. The van der Waals surface area contributed by atoms with E-state index in [0.717, 1.165) is 16.6 Å². The normalized spacial score (nSPS) is 10.6. The number of imidazole rings is 1. The van der Waals surface area contributed by atoms with E-state index >= 15 is 0 Å². The largest absolute Gasteiger partial charge is 0.465 e. The minimum Gasteiger partial charge on any atom is -0.465 e. The van der Waals surface area contributed by atoms with E-state index in [2.05, 4.69) is 15.3 Å². The van der Waals surface area contributed by atoms with E-state index in [4.69, 9.17) is 4.74 Å². The van der Waals surface area contributed by atoms with Crippen LogP contribution in [0.4, 0.5) is 11.6 Å². The number of carbonyl (C=O) groups excluding carboxylic acids is 1.